The average Bonchev–Trinajstić information content (AvgIpc) is 2.51. The lowest BCUT2D eigenvalue weighted by molar-refractivity contribution is -0.131. The molecule has 0 saturated carbocycles. The topological polar surface area (TPSA) is 29.5 Å². The Kier molecular flexibility index (Phi) is 14.9. The van der Waals surface area contributed by atoms with Crippen LogP contribution < -0.4 is 0 Å². The molecule has 0 radical (unpaired) electrons. The van der Waals surface area contributed by atoms with E-state index in [0.717, 1.165) is 32.4 Å². The van der Waals surface area contributed by atoms with Gasteiger partial charge in [0.15, 0.2) is 0 Å². The smallest absolute Gasteiger partial charge is 0.247 e. The lowest BCUT2D eigenvalue weighted by Gasteiger charge is -2.21. The van der Waals surface area contributed by atoms with Crippen LogP contribution in [0.1, 0.15) is 78.1 Å². The van der Waals surface area contributed by atoms with E-state index in [1.54, 1.807) is 4.90 Å². The molecule has 0 aromatic carbocycles. The lowest BCUT2D eigenvalue weighted by Crippen LogP contribution is -2.32. The van der Waals surface area contributed by atoms with Gasteiger partial charge in [0.2, 0.25) is 5.91 Å². The normalized spacial score (nSPS) is 10.6. The van der Waals surface area contributed by atoms with Gasteiger partial charge < -0.3 is 9.64 Å². The Morgan fingerprint density at radius 3 is 2.10 bits per heavy atom. The van der Waals surface area contributed by atoms with Crippen LogP contribution in [0.4, 0.5) is 0 Å². The third-order valence-corrected chi connectivity index (χ3v) is 3.66. The second-order valence-corrected chi connectivity index (χ2v) is 5.67. The maximum Gasteiger partial charge on any atom is 0.247 e. The first kappa shape index (κ1) is 20.2. The van der Waals surface area contributed by atoms with Gasteiger partial charge in [-0.25, -0.2) is 0 Å². The molecule has 0 aromatic rings. The highest BCUT2D eigenvalue weighted by atomic mass is 16.5. The Bertz CT molecular complexity index is 254. The minimum Gasteiger partial charge on any atom is -0.361 e. The van der Waals surface area contributed by atoms with Crippen molar-refractivity contribution in [2.75, 3.05) is 19.9 Å². The molecule has 3 nitrogen and oxygen atoms in total. The number of unbranched alkanes of at least 4 members (excludes halogenated alkanes) is 8. The maximum absolute atomic E-state index is 11.7. The van der Waals surface area contributed by atoms with Crippen molar-refractivity contribution in [3.63, 3.8) is 0 Å². The molecule has 0 unspecified atom stereocenters. The number of carbonyl (C=O) groups excluding carboxylic acids is 1. The van der Waals surface area contributed by atoms with Crippen molar-refractivity contribution in [3.05, 3.63) is 12.7 Å². The van der Waals surface area contributed by atoms with E-state index in [-0.39, 0.29) is 5.91 Å². The molecule has 0 fully saturated rings. The number of carbonyl (C=O) groups is 1. The molecule has 0 atom stereocenters. The first-order chi connectivity index (χ1) is 10.3. The zero-order chi connectivity index (χ0) is 15.8. The molecule has 0 N–H and O–H groups in total. The van der Waals surface area contributed by atoms with Crippen LogP contribution in [0.2, 0.25) is 0 Å². The molecule has 0 aromatic heterocycles. The van der Waals surface area contributed by atoms with Crippen LogP contribution in [-0.2, 0) is 9.53 Å². The summed E-state index contributed by atoms with van der Waals surface area (Å²) in [6.45, 7) is 9.86. The molecule has 0 rings (SSSR count). The summed E-state index contributed by atoms with van der Waals surface area (Å²) < 4.78 is 5.54. The lowest BCUT2D eigenvalue weighted by atomic mass is 10.1. The van der Waals surface area contributed by atoms with E-state index in [1.807, 2.05) is 0 Å². The molecule has 0 aliphatic carbocycles. The van der Waals surface area contributed by atoms with E-state index in [4.69, 9.17) is 4.74 Å². The molecule has 124 valence electrons. The van der Waals surface area contributed by atoms with Gasteiger partial charge in [-0.05, 0) is 18.9 Å². The Morgan fingerprint density at radius 1 is 0.952 bits per heavy atom. The molecule has 21 heavy (non-hydrogen) atoms. The average molecular weight is 297 g/mol. The SMILES string of the molecule is C=CC(=O)N(CCCCCCCCCC)COCCCC. The summed E-state index contributed by atoms with van der Waals surface area (Å²) in [6.07, 6.45) is 13.8. The summed E-state index contributed by atoms with van der Waals surface area (Å²) in [5, 5.41) is 0. The van der Waals surface area contributed by atoms with Gasteiger partial charge in [0.25, 0.3) is 0 Å². The summed E-state index contributed by atoms with van der Waals surface area (Å²) in [4.78, 5) is 13.5. The predicted octanol–water partition coefficient (Wildman–Crippen LogP) is 4.92. The van der Waals surface area contributed by atoms with Crippen molar-refractivity contribution in [3.8, 4) is 0 Å². The second kappa shape index (κ2) is 15.6. The second-order valence-electron chi connectivity index (χ2n) is 5.67. The van der Waals surface area contributed by atoms with Crippen LogP contribution in [0.15, 0.2) is 12.7 Å². The Morgan fingerprint density at radius 2 is 1.52 bits per heavy atom. The molecule has 1 amide bonds. The number of hydrogen-bond donors (Lipinski definition) is 0. The van der Waals surface area contributed by atoms with Gasteiger partial charge in [-0.2, -0.15) is 0 Å². The number of hydrogen-bond acceptors (Lipinski definition) is 2. The molecule has 0 heterocycles. The van der Waals surface area contributed by atoms with E-state index >= 15 is 0 Å². The number of rotatable bonds is 15. The van der Waals surface area contributed by atoms with Crippen molar-refractivity contribution >= 4 is 5.91 Å². The van der Waals surface area contributed by atoms with Gasteiger partial charge in [0, 0.05) is 13.2 Å². The zero-order valence-corrected chi connectivity index (χ0v) is 14.2. The highest BCUT2D eigenvalue weighted by molar-refractivity contribution is 5.86. The highest BCUT2D eigenvalue weighted by Crippen LogP contribution is 2.09. The van der Waals surface area contributed by atoms with Crippen molar-refractivity contribution in [1.82, 2.24) is 4.90 Å². The monoisotopic (exact) mass is 297 g/mol. The van der Waals surface area contributed by atoms with Crippen molar-refractivity contribution in [2.45, 2.75) is 78.1 Å². The van der Waals surface area contributed by atoms with E-state index < -0.39 is 0 Å². The molecule has 0 bridgehead atoms. The zero-order valence-electron chi connectivity index (χ0n) is 14.2. The van der Waals surface area contributed by atoms with Gasteiger partial charge in [-0.15, -0.1) is 0 Å². The van der Waals surface area contributed by atoms with E-state index in [9.17, 15) is 4.79 Å². The maximum atomic E-state index is 11.7. The molecule has 0 spiro atoms. The summed E-state index contributed by atoms with van der Waals surface area (Å²) in [5.41, 5.74) is 0. The van der Waals surface area contributed by atoms with Crippen LogP contribution in [0.3, 0.4) is 0 Å². The van der Waals surface area contributed by atoms with Crippen LogP contribution in [-0.4, -0.2) is 30.7 Å². The molecular formula is C18H35NO2. The van der Waals surface area contributed by atoms with Crippen molar-refractivity contribution in [2.24, 2.45) is 0 Å². The summed E-state index contributed by atoms with van der Waals surface area (Å²) in [6, 6.07) is 0. The van der Waals surface area contributed by atoms with Gasteiger partial charge >= 0.3 is 0 Å². The highest BCUT2D eigenvalue weighted by Gasteiger charge is 2.09. The third-order valence-electron chi connectivity index (χ3n) is 3.66. The summed E-state index contributed by atoms with van der Waals surface area (Å²) in [5.74, 6) is -0.0190. The number of amides is 1. The van der Waals surface area contributed by atoms with E-state index in [2.05, 4.69) is 20.4 Å². The fraction of sp³-hybridized carbons (Fsp3) is 0.833. The molecule has 0 aliphatic rings. The van der Waals surface area contributed by atoms with Crippen LogP contribution in [0.25, 0.3) is 0 Å². The van der Waals surface area contributed by atoms with Crippen molar-refractivity contribution in [1.29, 1.82) is 0 Å². The standard InChI is InChI=1S/C18H35NO2/c1-4-7-9-10-11-12-13-14-15-19(18(20)6-3)17-21-16-8-5-2/h6H,3-5,7-17H2,1-2H3. The minimum absolute atomic E-state index is 0.0190. The Balaban J connectivity index is 3.66. The van der Waals surface area contributed by atoms with Gasteiger partial charge in [0.1, 0.15) is 6.73 Å². The summed E-state index contributed by atoms with van der Waals surface area (Å²) in [7, 11) is 0. The fourth-order valence-electron chi connectivity index (χ4n) is 2.23. The van der Waals surface area contributed by atoms with E-state index in [1.165, 1.54) is 51.0 Å². The first-order valence-electron chi connectivity index (χ1n) is 8.75. The van der Waals surface area contributed by atoms with Crippen LogP contribution >= 0.6 is 0 Å². The molecule has 0 saturated heterocycles. The van der Waals surface area contributed by atoms with Gasteiger partial charge in [-0.3, -0.25) is 4.79 Å². The fourth-order valence-corrected chi connectivity index (χ4v) is 2.23. The minimum atomic E-state index is -0.0190. The predicted molar refractivity (Wildman–Crippen MR) is 90.2 cm³/mol. The Labute approximate surface area is 131 Å². The molecule has 0 aliphatic heterocycles. The van der Waals surface area contributed by atoms with Crippen LogP contribution in [0.5, 0.6) is 0 Å². The Hall–Kier alpha value is -0.830. The largest absolute Gasteiger partial charge is 0.361 e. The first-order valence-corrected chi connectivity index (χ1v) is 8.75. The molecule has 3 heteroatoms. The molecular weight excluding hydrogens is 262 g/mol. The third kappa shape index (κ3) is 12.6. The van der Waals surface area contributed by atoms with Crippen LogP contribution in [0, 0.1) is 0 Å². The van der Waals surface area contributed by atoms with Gasteiger partial charge in [-0.1, -0.05) is 71.8 Å². The van der Waals surface area contributed by atoms with Crippen molar-refractivity contribution < 1.29 is 9.53 Å². The quantitative estimate of drug-likeness (QED) is 0.244. The summed E-state index contributed by atoms with van der Waals surface area (Å²) >= 11 is 0. The number of ether oxygens (including phenoxy) is 1. The number of nitrogens with zero attached hydrogens (tertiary/aromatic N) is 1. The van der Waals surface area contributed by atoms with Gasteiger partial charge in [0.05, 0.1) is 0 Å². The van der Waals surface area contributed by atoms with E-state index in [0.29, 0.717) is 6.73 Å².